The van der Waals surface area contributed by atoms with Crippen LogP contribution in [0.2, 0.25) is 0 Å². The molecule has 0 aliphatic carbocycles. The van der Waals surface area contributed by atoms with Crippen LogP contribution < -0.4 is 11.1 Å². The molecule has 1 aromatic heterocycles. The maximum atomic E-state index is 11.4. The molecular formula is C10H16BrN3OS. The zero-order valence-corrected chi connectivity index (χ0v) is 11.8. The second-order valence-electron chi connectivity index (χ2n) is 3.73. The van der Waals surface area contributed by atoms with Gasteiger partial charge in [-0.2, -0.15) is 0 Å². The fourth-order valence-electron chi connectivity index (χ4n) is 1.27. The van der Waals surface area contributed by atoms with Gasteiger partial charge in [0, 0.05) is 22.4 Å². The van der Waals surface area contributed by atoms with Gasteiger partial charge in [0.05, 0.1) is 0 Å². The summed E-state index contributed by atoms with van der Waals surface area (Å²) in [7, 11) is 3.98. The number of likely N-dealkylation sites (N-methyl/N-ethyl adjacent to an activating group) is 1. The van der Waals surface area contributed by atoms with Gasteiger partial charge < -0.3 is 16.0 Å². The van der Waals surface area contributed by atoms with Gasteiger partial charge in [-0.15, -0.1) is 11.3 Å². The number of thiophene rings is 1. The van der Waals surface area contributed by atoms with Gasteiger partial charge >= 0.3 is 0 Å². The first-order valence-corrected chi connectivity index (χ1v) is 6.60. The highest BCUT2D eigenvalue weighted by atomic mass is 79.9. The zero-order chi connectivity index (χ0) is 12.1. The number of hydrogen-bond acceptors (Lipinski definition) is 4. The van der Waals surface area contributed by atoms with Gasteiger partial charge in [0.15, 0.2) is 0 Å². The van der Waals surface area contributed by atoms with Crippen LogP contribution in [-0.2, 0) is 4.79 Å². The number of nitrogens with zero attached hydrogens (tertiary/aromatic N) is 1. The molecule has 16 heavy (non-hydrogen) atoms. The predicted octanol–water partition coefficient (Wildman–Crippen LogP) is 1.19. The Morgan fingerprint density at radius 2 is 2.38 bits per heavy atom. The van der Waals surface area contributed by atoms with Crippen molar-refractivity contribution in [1.82, 2.24) is 10.2 Å². The Morgan fingerprint density at radius 1 is 1.69 bits per heavy atom. The summed E-state index contributed by atoms with van der Waals surface area (Å²) >= 11 is 4.93. The fourth-order valence-corrected chi connectivity index (χ4v) is 2.95. The summed E-state index contributed by atoms with van der Waals surface area (Å²) in [6.45, 7) is 1.59. The van der Waals surface area contributed by atoms with Gasteiger partial charge in [-0.05, 0) is 41.5 Å². The van der Waals surface area contributed by atoms with Gasteiger partial charge in [-0.1, -0.05) is 0 Å². The number of nitrogens with two attached hydrogens (primary N) is 1. The van der Waals surface area contributed by atoms with E-state index in [4.69, 9.17) is 5.73 Å². The first-order valence-electron chi connectivity index (χ1n) is 4.92. The molecule has 0 saturated carbocycles. The highest BCUT2D eigenvalue weighted by Crippen LogP contribution is 2.28. The van der Waals surface area contributed by atoms with E-state index in [1.165, 1.54) is 11.3 Å². The number of amides is 1. The molecule has 0 radical (unpaired) electrons. The van der Waals surface area contributed by atoms with Crippen LogP contribution in [0, 0.1) is 0 Å². The topological polar surface area (TPSA) is 58.4 Å². The van der Waals surface area contributed by atoms with Crippen LogP contribution in [0.4, 0.5) is 0 Å². The predicted molar refractivity (Wildman–Crippen MR) is 70.5 cm³/mol. The number of halogens is 1. The fraction of sp³-hybridized carbons (Fsp3) is 0.500. The summed E-state index contributed by atoms with van der Waals surface area (Å²) < 4.78 is 0.929. The van der Waals surface area contributed by atoms with Crippen molar-refractivity contribution >= 4 is 33.2 Å². The van der Waals surface area contributed by atoms with Crippen LogP contribution >= 0.6 is 27.3 Å². The summed E-state index contributed by atoms with van der Waals surface area (Å²) in [5, 5.41) is 5.09. The third-order valence-electron chi connectivity index (χ3n) is 2.10. The lowest BCUT2D eigenvalue weighted by Gasteiger charge is -2.16. The van der Waals surface area contributed by atoms with Crippen molar-refractivity contribution in [1.29, 1.82) is 0 Å². The molecule has 4 nitrogen and oxygen atoms in total. The van der Waals surface area contributed by atoms with E-state index in [0.29, 0.717) is 0 Å². The molecule has 0 spiro atoms. The highest BCUT2D eigenvalue weighted by molar-refractivity contribution is 9.10. The zero-order valence-electron chi connectivity index (χ0n) is 9.37. The number of nitrogens with one attached hydrogen (secondary N) is 1. The Hall–Kier alpha value is -0.430. The molecule has 0 aromatic carbocycles. The molecule has 6 heteroatoms. The maximum absolute atomic E-state index is 11.4. The molecule has 1 unspecified atom stereocenters. The van der Waals surface area contributed by atoms with Gasteiger partial charge in [0.25, 0.3) is 0 Å². The molecule has 0 aliphatic rings. The quantitative estimate of drug-likeness (QED) is 0.830. The molecule has 0 fully saturated rings. The van der Waals surface area contributed by atoms with Crippen molar-refractivity contribution in [3.05, 3.63) is 20.8 Å². The average molecular weight is 306 g/mol. The lowest BCUT2D eigenvalue weighted by atomic mass is 10.2. The lowest BCUT2D eigenvalue weighted by molar-refractivity contribution is -0.120. The summed E-state index contributed by atoms with van der Waals surface area (Å²) in [6.07, 6.45) is 0. The molecule has 1 amide bonds. The van der Waals surface area contributed by atoms with E-state index in [1.54, 1.807) is 0 Å². The standard InChI is InChI=1S/C10H16BrN3OS/c1-14(2)5-4-13-8(10(12)15)9-7(11)3-6-16-9/h3,6,8,13H,4-5H2,1-2H3,(H2,12,15). The molecule has 0 saturated heterocycles. The first kappa shape index (κ1) is 13.6. The van der Waals surface area contributed by atoms with Crippen molar-refractivity contribution in [3.63, 3.8) is 0 Å². The SMILES string of the molecule is CN(C)CCNC(C(N)=O)c1sccc1Br. The monoisotopic (exact) mass is 305 g/mol. The van der Waals surface area contributed by atoms with Crippen molar-refractivity contribution in [2.24, 2.45) is 5.73 Å². The number of hydrogen-bond donors (Lipinski definition) is 2. The minimum Gasteiger partial charge on any atom is -0.368 e. The van der Waals surface area contributed by atoms with Gasteiger partial charge in [-0.3, -0.25) is 4.79 Å². The lowest BCUT2D eigenvalue weighted by Crippen LogP contribution is -2.36. The normalized spacial score (nSPS) is 13.0. The van der Waals surface area contributed by atoms with Crippen LogP contribution in [0.3, 0.4) is 0 Å². The summed E-state index contributed by atoms with van der Waals surface area (Å²) in [4.78, 5) is 14.3. The summed E-state index contributed by atoms with van der Waals surface area (Å²) in [5.74, 6) is -0.345. The summed E-state index contributed by atoms with van der Waals surface area (Å²) in [5.41, 5.74) is 5.38. The smallest absolute Gasteiger partial charge is 0.240 e. The van der Waals surface area contributed by atoms with E-state index in [9.17, 15) is 4.79 Å². The highest BCUT2D eigenvalue weighted by Gasteiger charge is 2.20. The van der Waals surface area contributed by atoms with E-state index in [0.717, 1.165) is 22.4 Å². The van der Waals surface area contributed by atoms with Crippen LogP contribution in [0.25, 0.3) is 0 Å². The van der Waals surface area contributed by atoms with Crippen LogP contribution in [0.5, 0.6) is 0 Å². The summed E-state index contributed by atoms with van der Waals surface area (Å²) in [6, 6.07) is 1.51. The molecule has 0 aliphatic heterocycles. The van der Waals surface area contributed by atoms with E-state index in [2.05, 4.69) is 26.1 Å². The minimum absolute atomic E-state index is 0.345. The van der Waals surface area contributed by atoms with Crippen molar-refractivity contribution in [2.45, 2.75) is 6.04 Å². The second-order valence-corrected chi connectivity index (χ2v) is 5.53. The van der Waals surface area contributed by atoms with Crippen LogP contribution in [0.15, 0.2) is 15.9 Å². The Morgan fingerprint density at radius 3 is 2.81 bits per heavy atom. The van der Waals surface area contributed by atoms with Crippen LogP contribution in [0.1, 0.15) is 10.9 Å². The Balaban J connectivity index is 2.62. The molecule has 0 bridgehead atoms. The van der Waals surface area contributed by atoms with Crippen molar-refractivity contribution < 1.29 is 4.79 Å². The molecule has 90 valence electrons. The van der Waals surface area contributed by atoms with E-state index in [1.807, 2.05) is 25.5 Å². The van der Waals surface area contributed by atoms with E-state index < -0.39 is 6.04 Å². The third-order valence-corrected chi connectivity index (χ3v) is 4.03. The Kier molecular flexibility index (Phi) is 5.40. The second kappa shape index (κ2) is 6.34. The molecule has 1 rings (SSSR count). The number of primary amides is 1. The average Bonchev–Trinajstić information content (AvgIpc) is 2.58. The van der Waals surface area contributed by atoms with E-state index >= 15 is 0 Å². The number of carbonyl (C=O) groups is 1. The Labute approximate surface area is 108 Å². The molecule has 1 atom stereocenters. The molecule has 1 heterocycles. The van der Waals surface area contributed by atoms with Crippen LogP contribution in [-0.4, -0.2) is 38.0 Å². The molecule has 1 aromatic rings. The maximum Gasteiger partial charge on any atom is 0.240 e. The first-order chi connectivity index (χ1) is 7.52. The molecule has 3 N–H and O–H groups in total. The van der Waals surface area contributed by atoms with E-state index in [-0.39, 0.29) is 5.91 Å². The van der Waals surface area contributed by atoms with Gasteiger partial charge in [0.1, 0.15) is 6.04 Å². The molecular weight excluding hydrogens is 290 g/mol. The van der Waals surface area contributed by atoms with Crippen molar-refractivity contribution in [2.75, 3.05) is 27.2 Å². The van der Waals surface area contributed by atoms with Crippen molar-refractivity contribution in [3.8, 4) is 0 Å². The largest absolute Gasteiger partial charge is 0.368 e. The number of carbonyl (C=O) groups excluding carboxylic acids is 1. The Bertz CT molecular complexity index is 354. The minimum atomic E-state index is -0.408. The third kappa shape index (κ3) is 3.86. The van der Waals surface area contributed by atoms with Gasteiger partial charge in [0.2, 0.25) is 5.91 Å². The van der Waals surface area contributed by atoms with Gasteiger partial charge in [-0.25, -0.2) is 0 Å². The number of rotatable bonds is 6.